The number of halogens is 2. The smallest absolute Gasteiger partial charge is 0.337 e. The summed E-state index contributed by atoms with van der Waals surface area (Å²) in [6, 6.07) is 17.3. The normalized spacial score (nSPS) is 15.4. The molecular weight excluding hydrogens is 535 g/mol. The molecule has 0 radical (unpaired) electrons. The van der Waals surface area contributed by atoms with Gasteiger partial charge in [0.25, 0.3) is 5.91 Å². The van der Waals surface area contributed by atoms with Crippen molar-refractivity contribution in [1.82, 2.24) is 4.90 Å². The Labute approximate surface area is 228 Å². The molecule has 3 aromatic carbocycles. The number of hydrogen-bond donors (Lipinski definition) is 0. The number of amidine groups is 1. The van der Waals surface area contributed by atoms with E-state index in [1.165, 1.54) is 23.8 Å². The van der Waals surface area contributed by atoms with Crippen LogP contribution in [-0.2, 0) is 16.1 Å². The number of nitrogens with zero attached hydrogens (tertiary/aromatic N) is 2. The first kappa shape index (κ1) is 26.6. The predicted octanol–water partition coefficient (Wildman–Crippen LogP) is 6.60. The highest BCUT2D eigenvalue weighted by Gasteiger charge is 2.30. The molecule has 190 valence electrons. The third-order valence-corrected chi connectivity index (χ3v) is 7.05. The number of carbonyl (C=O) groups is 2. The van der Waals surface area contributed by atoms with Crippen LogP contribution in [0.4, 0.5) is 5.69 Å². The van der Waals surface area contributed by atoms with E-state index in [2.05, 4.69) is 4.99 Å². The Kier molecular flexibility index (Phi) is 8.43. The van der Waals surface area contributed by atoms with Crippen LogP contribution in [0.25, 0.3) is 6.08 Å². The van der Waals surface area contributed by atoms with Crippen molar-refractivity contribution < 1.29 is 23.8 Å². The average molecular weight is 557 g/mol. The van der Waals surface area contributed by atoms with Gasteiger partial charge in [-0.05, 0) is 71.9 Å². The van der Waals surface area contributed by atoms with Gasteiger partial charge < -0.3 is 14.2 Å². The van der Waals surface area contributed by atoms with Crippen LogP contribution in [0.2, 0.25) is 10.0 Å². The number of benzene rings is 3. The first-order valence-electron chi connectivity index (χ1n) is 11.0. The molecule has 10 heteroatoms. The molecule has 1 amide bonds. The van der Waals surface area contributed by atoms with E-state index >= 15 is 0 Å². The highest BCUT2D eigenvalue weighted by atomic mass is 35.5. The van der Waals surface area contributed by atoms with Crippen LogP contribution in [-0.4, -0.2) is 43.2 Å². The van der Waals surface area contributed by atoms with Gasteiger partial charge in [-0.1, -0.05) is 35.3 Å². The minimum absolute atomic E-state index is 0.174. The molecule has 1 aliphatic rings. The molecule has 0 N–H and O–H groups in total. The van der Waals surface area contributed by atoms with E-state index in [-0.39, 0.29) is 12.5 Å². The van der Waals surface area contributed by atoms with Crippen molar-refractivity contribution in [3.63, 3.8) is 0 Å². The van der Waals surface area contributed by atoms with Crippen molar-refractivity contribution >= 4 is 63.8 Å². The van der Waals surface area contributed by atoms with Gasteiger partial charge in [-0.25, -0.2) is 9.79 Å². The largest absolute Gasteiger partial charge is 0.493 e. The van der Waals surface area contributed by atoms with Gasteiger partial charge in [-0.2, -0.15) is 0 Å². The summed E-state index contributed by atoms with van der Waals surface area (Å²) < 4.78 is 16.1. The van der Waals surface area contributed by atoms with Gasteiger partial charge in [-0.3, -0.25) is 9.69 Å². The van der Waals surface area contributed by atoms with Crippen LogP contribution in [0.5, 0.6) is 11.5 Å². The van der Waals surface area contributed by atoms with Gasteiger partial charge in [0.15, 0.2) is 16.7 Å². The fraction of sp³-hybridized carbons (Fsp3) is 0.148. The number of amides is 1. The lowest BCUT2D eigenvalue weighted by Gasteiger charge is -2.12. The number of rotatable bonds is 7. The van der Waals surface area contributed by atoms with Crippen LogP contribution in [0, 0.1) is 0 Å². The highest BCUT2D eigenvalue weighted by molar-refractivity contribution is 8.18. The maximum absolute atomic E-state index is 12.8. The summed E-state index contributed by atoms with van der Waals surface area (Å²) in [5, 5.41) is 1.60. The summed E-state index contributed by atoms with van der Waals surface area (Å²) in [7, 11) is 4.54. The van der Waals surface area contributed by atoms with E-state index in [0.717, 1.165) is 11.1 Å². The highest BCUT2D eigenvalue weighted by Crippen LogP contribution is 2.35. The zero-order chi connectivity index (χ0) is 26.5. The summed E-state index contributed by atoms with van der Waals surface area (Å²) in [6.07, 6.45) is 1.77. The lowest BCUT2D eigenvalue weighted by atomic mass is 10.2. The lowest BCUT2D eigenvalue weighted by Crippen LogP contribution is -2.23. The van der Waals surface area contributed by atoms with Crippen molar-refractivity contribution in [1.29, 1.82) is 0 Å². The van der Waals surface area contributed by atoms with Crippen molar-refractivity contribution in [3.8, 4) is 11.5 Å². The Bertz CT molecular complexity index is 1410. The summed E-state index contributed by atoms with van der Waals surface area (Å²) >= 11 is 13.4. The Hall–Kier alpha value is -3.46. The number of methoxy groups -OCH3 is 2. The van der Waals surface area contributed by atoms with Crippen molar-refractivity contribution in [2.45, 2.75) is 6.61 Å². The molecule has 0 unspecified atom stereocenters. The molecule has 0 saturated carbocycles. The van der Waals surface area contributed by atoms with Crippen LogP contribution in [0.15, 0.2) is 70.6 Å². The maximum Gasteiger partial charge on any atom is 0.337 e. The van der Waals surface area contributed by atoms with Gasteiger partial charge in [-0.15, -0.1) is 0 Å². The Balaban J connectivity index is 1.50. The number of carbonyl (C=O) groups excluding carboxylic acids is 2. The first-order chi connectivity index (χ1) is 17.8. The number of hydrogen-bond acceptors (Lipinski definition) is 7. The topological polar surface area (TPSA) is 77.4 Å². The molecule has 1 heterocycles. The summed E-state index contributed by atoms with van der Waals surface area (Å²) in [6.45, 7) is 0.242. The molecule has 0 atom stereocenters. The SMILES string of the molecule is COC(=O)c1ccc(N=C2S/C(=C/c3ccc(OCc4ccc(Cl)cc4Cl)c(OC)c3)C(=O)N2C)cc1. The van der Waals surface area contributed by atoms with E-state index < -0.39 is 5.97 Å². The zero-order valence-corrected chi connectivity index (χ0v) is 22.5. The number of likely N-dealkylation sites (N-methyl/N-ethyl adjacent to an activating group) is 1. The lowest BCUT2D eigenvalue weighted by molar-refractivity contribution is -0.121. The Morgan fingerprint density at radius 3 is 2.46 bits per heavy atom. The Morgan fingerprint density at radius 2 is 1.78 bits per heavy atom. The van der Waals surface area contributed by atoms with Gasteiger partial charge >= 0.3 is 5.97 Å². The van der Waals surface area contributed by atoms with Gasteiger partial charge in [0, 0.05) is 22.7 Å². The molecule has 0 spiro atoms. The van der Waals surface area contributed by atoms with Crippen molar-refractivity contribution in [2.75, 3.05) is 21.3 Å². The molecule has 7 nitrogen and oxygen atoms in total. The third kappa shape index (κ3) is 6.28. The monoisotopic (exact) mass is 556 g/mol. The molecule has 37 heavy (non-hydrogen) atoms. The van der Waals surface area contributed by atoms with Gasteiger partial charge in [0.1, 0.15) is 6.61 Å². The molecule has 0 aliphatic carbocycles. The van der Waals surface area contributed by atoms with Gasteiger partial charge in [0.05, 0.1) is 30.4 Å². The molecule has 1 saturated heterocycles. The van der Waals surface area contributed by atoms with Crippen LogP contribution >= 0.6 is 35.0 Å². The van der Waals surface area contributed by atoms with Crippen LogP contribution in [0.3, 0.4) is 0 Å². The second-order valence-corrected chi connectivity index (χ2v) is 9.70. The minimum atomic E-state index is -0.424. The second-order valence-electron chi connectivity index (χ2n) is 7.84. The fourth-order valence-electron chi connectivity index (χ4n) is 3.39. The molecular formula is C27H22Cl2N2O5S. The predicted molar refractivity (Wildman–Crippen MR) is 147 cm³/mol. The first-order valence-corrected chi connectivity index (χ1v) is 12.6. The summed E-state index contributed by atoms with van der Waals surface area (Å²) in [5.41, 5.74) is 2.59. The van der Waals surface area contributed by atoms with Crippen LogP contribution < -0.4 is 9.47 Å². The second kappa shape index (κ2) is 11.7. The number of ether oxygens (including phenoxy) is 3. The van der Waals surface area contributed by atoms with Crippen molar-refractivity contribution in [3.05, 3.63) is 92.3 Å². The van der Waals surface area contributed by atoms with E-state index in [9.17, 15) is 9.59 Å². The molecule has 1 fully saturated rings. The number of thioether (sulfide) groups is 1. The molecule has 4 rings (SSSR count). The van der Waals surface area contributed by atoms with Gasteiger partial charge in [0.2, 0.25) is 0 Å². The van der Waals surface area contributed by atoms with Crippen molar-refractivity contribution in [2.24, 2.45) is 4.99 Å². The zero-order valence-electron chi connectivity index (χ0n) is 20.2. The maximum atomic E-state index is 12.8. The molecule has 3 aromatic rings. The van der Waals surface area contributed by atoms with E-state index in [0.29, 0.717) is 42.9 Å². The molecule has 0 bridgehead atoms. The average Bonchev–Trinajstić information content (AvgIpc) is 3.16. The van der Waals surface area contributed by atoms with E-state index in [1.54, 1.807) is 68.8 Å². The fourth-order valence-corrected chi connectivity index (χ4v) is 4.84. The summed E-state index contributed by atoms with van der Waals surface area (Å²) in [4.78, 5) is 31.0. The third-order valence-electron chi connectivity index (χ3n) is 5.40. The standard InChI is InChI=1S/C27H22Cl2N2O5S/c1-31-25(32)24(37-27(31)30-20-9-6-17(7-10-20)26(33)35-3)13-16-4-11-22(23(12-16)34-2)36-15-18-5-8-19(28)14-21(18)29/h4-14H,15H2,1-3H3/b24-13+,30-27?. The molecule has 0 aromatic heterocycles. The van der Waals surface area contributed by atoms with Crippen LogP contribution in [0.1, 0.15) is 21.5 Å². The number of aliphatic imine (C=N–C) groups is 1. The summed E-state index contributed by atoms with van der Waals surface area (Å²) in [5.74, 6) is 0.456. The Morgan fingerprint density at radius 1 is 1.03 bits per heavy atom. The number of esters is 1. The quantitative estimate of drug-likeness (QED) is 0.241. The molecule has 1 aliphatic heterocycles. The van der Waals surface area contributed by atoms with E-state index in [4.69, 9.17) is 37.4 Å². The minimum Gasteiger partial charge on any atom is -0.493 e. The van der Waals surface area contributed by atoms with E-state index in [1.807, 2.05) is 12.1 Å².